The van der Waals surface area contributed by atoms with Gasteiger partial charge in [0.15, 0.2) is 0 Å². The molecule has 0 saturated carbocycles. The molecular formula is C19H15NO. The summed E-state index contributed by atoms with van der Waals surface area (Å²) in [5.74, 6) is 0.539. The molecule has 21 heavy (non-hydrogen) atoms. The van der Waals surface area contributed by atoms with Crippen molar-refractivity contribution in [2.45, 2.75) is 19.3 Å². The van der Waals surface area contributed by atoms with Gasteiger partial charge in [-0.15, -0.1) is 0 Å². The van der Waals surface area contributed by atoms with Crippen LogP contribution in [-0.2, 0) is 0 Å². The van der Waals surface area contributed by atoms with Crippen molar-refractivity contribution in [2.24, 2.45) is 0 Å². The Kier molecular flexibility index (Phi) is 2.02. The van der Waals surface area contributed by atoms with E-state index in [1.54, 1.807) is 0 Å². The van der Waals surface area contributed by atoms with Crippen LogP contribution in [-0.4, -0.2) is 4.98 Å². The van der Waals surface area contributed by atoms with Gasteiger partial charge < -0.3 is 9.40 Å². The van der Waals surface area contributed by atoms with E-state index in [2.05, 4.69) is 48.3 Å². The molecule has 2 aromatic carbocycles. The van der Waals surface area contributed by atoms with E-state index in [1.807, 2.05) is 12.1 Å². The maximum absolute atomic E-state index is 6.17. The standard InChI is InChI=1S/C19H15NO/c1-11-5-4-7-14-17-15(20-18(11)14)10-9-13-12-6-2-3-8-16(12)21-19(13)17/h2-4,6-11,20H,5H2,1H3. The van der Waals surface area contributed by atoms with E-state index in [4.69, 9.17) is 4.42 Å². The Morgan fingerprint density at radius 1 is 1.10 bits per heavy atom. The summed E-state index contributed by atoms with van der Waals surface area (Å²) in [6.07, 6.45) is 5.60. The molecule has 2 heteroatoms. The molecule has 0 amide bonds. The maximum atomic E-state index is 6.17. The van der Waals surface area contributed by atoms with Gasteiger partial charge in [-0.25, -0.2) is 0 Å². The molecule has 1 aliphatic rings. The Bertz CT molecular complexity index is 1030. The normalized spacial score (nSPS) is 17.9. The van der Waals surface area contributed by atoms with Crippen molar-refractivity contribution in [2.75, 3.05) is 0 Å². The number of para-hydroxylation sites is 1. The summed E-state index contributed by atoms with van der Waals surface area (Å²) in [6, 6.07) is 12.6. The number of aromatic amines is 1. The average Bonchev–Trinajstić information content (AvgIpc) is 3.05. The molecular weight excluding hydrogens is 258 g/mol. The van der Waals surface area contributed by atoms with Crippen LogP contribution in [0.3, 0.4) is 0 Å². The number of furan rings is 1. The van der Waals surface area contributed by atoms with Gasteiger partial charge in [-0.2, -0.15) is 0 Å². The first-order chi connectivity index (χ1) is 10.3. The fourth-order valence-electron chi connectivity index (χ4n) is 3.58. The molecule has 0 aliphatic heterocycles. The van der Waals surface area contributed by atoms with Gasteiger partial charge in [-0.3, -0.25) is 0 Å². The van der Waals surface area contributed by atoms with Crippen LogP contribution in [0.4, 0.5) is 0 Å². The number of benzene rings is 2. The van der Waals surface area contributed by atoms with Gasteiger partial charge in [0.2, 0.25) is 0 Å². The number of nitrogens with one attached hydrogen (secondary N) is 1. The zero-order valence-electron chi connectivity index (χ0n) is 11.8. The fourth-order valence-corrected chi connectivity index (χ4v) is 3.58. The van der Waals surface area contributed by atoms with Crippen LogP contribution in [0.2, 0.25) is 0 Å². The van der Waals surface area contributed by atoms with Crippen molar-refractivity contribution in [1.29, 1.82) is 0 Å². The molecule has 1 atom stereocenters. The van der Waals surface area contributed by atoms with Crippen LogP contribution in [0.1, 0.15) is 30.5 Å². The summed E-state index contributed by atoms with van der Waals surface area (Å²) in [6.45, 7) is 2.27. The van der Waals surface area contributed by atoms with Crippen LogP contribution in [0, 0.1) is 0 Å². The second-order valence-corrected chi connectivity index (χ2v) is 5.95. The van der Waals surface area contributed by atoms with Crippen molar-refractivity contribution >= 4 is 38.9 Å². The Morgan fingerprint density at radius 3 is 2.95 bits per heavy atom. The first kappa shape index (κ1) is 11.2. The van der Waals surface area contributed by atoms with Crippen molar-refractivity contribution in [3.8, 4) is 0 Å². The number of hydrogen-bond donors (Lipinski definition) is 1. The van der Waals surface area contributed by atoms with E-state index < -0.39 is 0 Å². The highest BCUT2D eigenvalue weighted by atomic mass is 16.3. The molecule has 4 aromatic rings. The van der Waals surface area contributed by atoms with E-state index in [0.29, 0.717) is 5.92 Å². The third-order valence-corrected chi connectivity index (χ3v) is 4.64. The molecule has 2 heterocycles. The summed E-state index contributed by atoms with van der Waals surface area (Å²) in [5, 5.41) is 3.62. The number of hydrogen-bond acceptors (Lipinski definition) is 1. The molecule has 1 aliphatic carbocycles. The van der Waals surface area contributed by atoms with E-state index in [-0.39, 0.29) is 0 Å². The van der Waals surface area contributed by atoms with E-state index >= 15 is 0 Å². The maximum Gasteiger partial charge on any atom is 0.145 e. The van der Waals surface area contributed by atoms with Crippen molar-refractivity contribution in [3.63, 3.8) is 0 Å². The van der Waals surface area contributed by atoms with Gasteiger partial charge in [0.05, 0.1) is 10.9 Å². The monoisotopic (exact) mass is 273 g/mol. The SMILES string of the molecule is CC1CC=Cc2c1[nH]c1ccc3c4ccccc4oc3c21. The molecule has 2 nitrogen and oxygen atoms in total. The van der Waals surface area contributed by atoms with Crippen LogP contribution in [0.25, 0.3) is 38.9 Å². The lowest BCUT2D eigenvalue weighted by Crippen LogP contribution is -1.98. The summed E-state index contributed by atoms with van der Waals surface area (Å²) in [4.78, 5) is 3.59. The van der Waals surface area contributed by atoms with E-state index in [9.17, 15) is 0 Å². The third-order valence-electron chi connectivity index (χ3n) is 4.64. The smallest absolute Gasteiger partial charge is 0.145 e. The first-order valence-corrected chi connectivity index (χ1v) is 7.45. The first-order valence-electron chi connectivity index (χ1n) is 7.45. The lowest BCUT2D eigenvalue weighted by Gasteiger charge is -2.12. The molecule has 0 saturated heterocycles. The summed E-state index contributed by atoms with van der Waals surface area (Å²) in [5.41, 5.74) is 5.77. The topological polar surface area (TPSA) is 28.9 Å². The van der Waals surface area contributed by atoms with Crippen LogP contribution >= 0.6 is 0 Å². The molecule has 0 fully saturated rings. The molecule has 0 radical (unpaired) electrons. The molecule has 102 valence electrons. The predicted molar refractivity (Wildman–Crippen MR) is 87.6 cm³/mol. The zero-order chi connectivity index (χ0) is 14.0. The molecule has 0 spiro atoms. The molecule has 5 rings (SSSR count). The van der Waals surface area contributed by atoms with Crippen LogP contribution in [0.5, 0.6) is 0 Å². The number of fused-ring (bicyclic) bond motifs is 7. The third kappa shape index (κ3) is 1.37. The molecule has 1 N–H and O–H groups in total. The van der Waals surface area contributed by atoms with Gasteiger partial charge in [0, 0.05) is 27.9 Å². The fraction of sp³-hybridized carbons (Fsp3) is 0.158. The predicted octanol–water partition coefficient (Wildman–Crippen LogP) is 5.59. The van der Waals surface area contributed by atoms with Crippen molar-refractivity contribution in [1.82, 2.24) is 4.98 Å². The largest absolute Gasteiger partial charge is 0.455 e. The Morgan fingerprint density at radius 2 is 2.00 bits per heavy atom. The zero-order valence-corrected chi connectivity index (χ0v) is 11.8. The number of H-pyrrole nitrogens is 1. The summed E-state index contributed by atoms with van der Waals surface area (Å²) in [7, 11) is 0. The molecule has 1 unspecified atom stereocenters. The minimum Gasteiger partial charge on any atom is -0.455 e. The Labute approximate surface area is 122 Å². The minimum atomic E-state index is 0.539. The quantitative estimate of drug-likeness (QED) is 0.444. The Balaban J connectivity index is 2.03. The van der Waals surface area contributed by atoms with Gasteiger partial charge in [0.1, 0.15) is 11.2 Å². The van der Waals surface area contributed by atoms with Crippen molar-refractivity contribution < 1.29 is 4.42 Å². The number of allylic oxidation sites excluding steroid dienone is 1. The molecule has 2 aromatic heterocycles. The molecule has 0 bridgehead atoms. The second-order valence-electron chi connectivity index (χ2n) is 5.95. The lowest BCUT2D eigenvalue weighted by molar-refractivity contribution is 0.672. The minimum absolute atomic E-state index is 0.539. The van der Waals surface area contributed by atoms with Gasteiger partial charge in [-0.1, -0.05) is 37.3 Å². The summed E-state index contributed by atoms with van der Waals surface area (Å²) >= 11 is 0. The number of rotatable bonds is 0. The average molecular weight is 273 g/mol. The second kappa shape index (κ2) is 3.79. The highest BCUT2D eigenvalue weighted by Crippen LogP contribution is 2.40. The van der Waals surface area contributed by atoms with E-state index in [1.165, 1.54) is 32.9 Å². The van der Waals surface area contributed by atoms with Crippen molar-refractivity contribution in [3.05, 3.63) is 53.7 Å². The van der Waals surface area contributed by atoms with Crippen LogP contribution < -0.4 is 0 Å². The Hall–Kier alpha value is -2.48. The van der Waals surface area contributed by atoms with Gasteiger partial charge in [-0.05, 0) is 24.6 Å². The van der Waals surface area contributed by atoms with Gasteiger partial charge in [0.25, 0.3) is 0 Å². The van der Waals surface area contributed by atoms with Crippen LogP contribution in [0.15, 0.2) is 46.9 Å². The highest BCUT2D eigenvalue weighted by Gasteiger charge is 2.21. The number of aromatic nitrogens is 1. The van der Waals surface area contributed by atoms with Gasteiger partial charge >= 0.3 is 0 Å². The van der Waals surface area contributed by atoms with E-state index in [0.717, 1.165) is 17.6 Å². The lowest BCUT2D eigenvalue weighted by atomic mass is 9.93. The summed E-state index contributed by atoms with van der Waals surface area (Å²) < 4.78 is 6.17. The highest BCUT2D eigenvalue weighted by molar-refractivity contribution is 6.17.